The molecule has 0 fully saturated rings. The van der Waals surface area contributed by atoms with Gasteiger partial charge in [-0.1, -0.05) is 84.6 Å². The Balaban J connectivity index is 0. The molecule has 4 aromatic rings. The smallest absolute Gasteiger partial charge is 0.368 e. The minimum atomic E-state index is 0. The molecule has 1 atom stereocenters. The second-order valence-electron chi connectivity index (χ2n) is 8.09. The van der Waals surface area contributed by atoms with Gasteiger partial charge in [0.25, 0.3) is 0 Å². The van der Waals surface area contributed by atoms with E-state index in [1.165, 1.54) is 0 Å². The number of H-pyrrole nitrogens is 2. The van der Waals surface area contributed by atoms with Gasteiger partial charge in [-0.05, 0) is 47.1 Å². The number of hydrogen-bond donors (Lipinski definition) is 2. The van der Waals surface area contributed by atoms with Crippen molar-refractivity contribution in [2.75, 3.05) is 0 Å². The van der Waals surface area contributed by atoms with Gasteiger partial charge in [-0.15, -0.1) is 0 Å². The second kappa shape index (κ2) is 19.5. The van der Waals surface area contributed by atoms with Gasteiger partial charge in [0.2, 0.25) is 0 Å². The first-order valence-corrected chi connectivity index (χ1v) is 12.7. The molecule has 0 radical (unpaired) electrons. The van der Waals surface area contributed by atoms with Crippen LogP contribution in [0.2, 0.25) is 0 Å². The fourth-order valence-electron chi connectivity index (χ4n) is 3.27. The standard InChI is InChI=1S/C27H27N4.2C2H6.2CH3.Y/c1-5-26-28-16-24(30-26)22-12-8-20(9-13-22)6-7-21-10-14-23(15-11-21)25-17-29-27(31-25)19(4)18(2)3;2*1-2;;;/h5,8-19H,1-4H3,(H,28,30)(H,29,31);2*1-2H3;2*1H3;/q-1;;;2*-1;+3. The van der Waals surface area contributed by atoms with Crippen LogP contribution in [0.4, 0.5) is 0 Å². The van der Waals surface area contributed by atoms with Gasteiger partial charge in [-0.3, -0.25) is 4.98 Å². The number of nitrogens with zero attached hydrogens (tertiary/aromatic N) is 2. The number of rotatable bonds is 5. The zero-order chi connectivity index (χ0) is 25.8. The van der Waals surface area contributed by atoms with Crippen LogP contribution in [-0.2, 0) is 32.7 Å². The van der Waals surface area contributed by atoms with Gasteiger partial charge in [0, 0.05) is 23.2 Å². The Morgan fingerprint density at radius 2 is 1.11 bits per heavy atom. The Kier molecular flexibility index (Phi) is 19.2. The van der Waals surface area contributed by atoms with E-state index in [1.807, 2.05) is 65.6 Å². The molecule has 200 valence electrons. The van der Waals surface area contributed by atoms with Gasteiger partial charge < -0.3 is 31.2 Å². The molecule has 4 nitrogen and oxygen atoms in total. The molecule has 0 spiro atoms. The molecule has 2 heterocycles. The monoisotopic (exact) mass is 586 g/mol. The third-order valence-corrected chi connectivity index (χ3v) is 5.64. The van der Waals surface area contributed by atoms with Crippen LogP contribution in [0.1, 0.15) is 84.1 Å². The summed E-state index contributed by atoms with van der Waals surface area (Å²) in [4.78, 5) is 15.6. The average molecular weight is 587 g/mol. The first-order chi connectivity index (χ1) is 17.0. The molecule has 0 aliphatic heterocycles. The van der Waals surface area contributed by atoms with Gasteiger partial charge in [0.05, 0.1) is 17.6 Å². The topological polar surface area (TPSA) is 57.4 Å². The zero-order valence-corrected chi connectivity index (χ0v) is 27.8. The molecule has 0 bridgehead atoms. The van der Waals surface area contributed by atoms with Crippen molar-refractivity contribution in [2.45, 2.75) is 61.3 Å². The molecule has 0 saturated heterocycles. The van der Waals surface area contributed by atoms with Crippen LogP contribution in [0.15, 0.2) is 60.9 Å². The Morgan fingerprint density at radius 3 is 1.50 bits per heavy atom. The summed E-state index contributed by atoms with van der Waals surface area (Å²) in [5.41, 5.74) is 6.23. The maximum absolute atomic E-state index is 4.56. The molecule has 2 aromatic heterocycles. The van der Waals surface area contributed by atoms with Crippen molar-refractivity contribution in [3.05, 3.63) is 105 Å². The number of aromatic nitrogens is 4. The predicted molar refractivity (Wildman–Crippen MR) is 162 cm³/mol. The third kappa shape index (κ3) is 10.3. The van der Waals surface area contributed by atoms with Crippen LogP contribution in [0.3, 0.4) is 0 Å². The fraction of sp³-hybridized carbons (Fsp3) is 0.303. The van der Waals surface area contributed by atoms with Gasteiger partial charge in [-0.2, -0.15) is 6.92 Å². The summed E-state index contributed by atoms with van der Waals surface area (Å²) in [6.07, 6.45) is 5.72. The SMILES string of the molecule is CC.CC.C[CH-]c1ncc(-c2ccc(C#Cc3ccc(-c4cnc(C(C)C(C)C)[nH]4)cc3)cc2)[nH]1.[CH3-].[CH3-].[Y+3]. The Morgan fingerprint density at radius 1 is 0.684 bits per heavy atom. The van der Waals surface area contributed by atoms with E-state index >= 15 is 0 Å². The maximum atomic E-state index is 4.56. The van der Waals surface area contributed by atoms with E-state index in [0.29, 0.717) is 11.8 Å². The molecular formula is C33H45N4Y. The van der Waals surface area contributed by atoms with E-state index in [-0.39, 0.29) is 47.6 Å². The molecule has 2 N–H and O–H groups in total. The van der Waals surface area contributed by atoms with Crippen molar-refractivity contribution < 1.29 is 32.7 Å². The van der Waals surface area contributed by atoms with Crippen LogP contribution in [0.25, 0.3) is 22.5 Å². The largest absolute Gasteiger partial charge is 3.00 e. The van der Waals surface area contributed by atoms with Crippen LogP contribution < -0.4 is 0 Å². The van der Waals surface area contributed by atoms with Gasteiger partial charge in [-0.25, -0.2) is 4.98 Å². The molecule has 0 amide bonds. The first-order valence-electron chi connectivity index (χ1n) is 12.7. The van der Waals surface area contributed by atoms with E-state index in [4.69, 9.17) is 0 Å². The number of nitrogens with one attached hydrogen (secondary N) is 2. The summed E-state index contributed by atoms with van der Waals surface area (Å²) >= 11 is 0. The van der Waals surface area contributed by atoms with Crippen molar-refractivity contribution in [2.24, 2.45) is 5.92 Å². The summed E-state index contributed by atoms with van der Waals surface area (Å²) in [6.45, 7) is 16.6. The number of hydrogen-bond acceptors (Lipinski definition) is 2. The van der Waals surface area contributed by atoms with E-state index in [1.54, 1.807) is 0 Å². The molecule has 4 rings (SSSR count). The molecule has 2 aromatic carbocycles. The van der Waals surface area contributed by atoms with Crippen molar-refractivity contribution in [3.8, 4) is 34.4 Å². The summed E-state index contributed by atoms with van der Waals surface area (Å²) in [7, 11) is 0. The molecule has 1 unspecified atom stereocenters. The van der Waals surface area contributed by atoms with E-state index in [2.05, 4.69) is 88.9 Å². The van der Waals surface area contributed by atoms with Gasteiger partial charge in [0.15, 0.2) is 0 Å². The van der Waals surface area contributed by atoms with Crippen LogP contribution in [0, 0.1) is 39.0 Å². The minimum Gasteiger partial charge on any atom is -0.368 e. The van der Waals surface area contributed by atoms with Gasteiger partial charge >= 0.3 is 32.7 Å². The van der Waals surface area contributed by atoms with Crippen molar-refractivity contribution in [1.29, 1.82) is 0 Å². The Bertz CT molecular complexity index is 1210. The third-order valence-electron chi connectivity index (χ3n) is 5.64. The quantitative estimate of drug-likeness (QED) is 0.181. The number of imidazole rings is 2. The van der Waals surface area contributed by atoms with E-state index < -0.39 is 0 Å². The Labute approximate surface area is 257 Å². The van der Waals surface area contributed by atoms with E-state index in [9.17, 15) is 0 Å². The summed E-state index contributed by atoms with van der Waals surface area (Å²) < 4.78 is 0. The Hall–Kier alpha value is -2.61. The van der Waals surface area contributed by atoms with Crippen LogP contribution >= 0.6 is 0 Å². The molecule has 0 saturated carbocycles. The van der Waals surface area contributed by atoms with Crippen molar-refractivity contribution >= 4 is 0 Å². The predicted octanol–water partition coefficient (Wildman–Crippen LogP) is 9.15. The fourth-order valence-corrected chi connectivity index (χ4v) is 3.27. The van der Waals surface area contributed by atoms with Gasteiger partial charge in [0.1, 0.15) is 5.82 Å². The second-order valence-corrected chi connectivity index (χ2v) is 8.09. The van der Waals surface area contributed by atoms with Crippen LogP contribution in [0.5, 0.6) is 0 Å². The van der Waals surface area contributed by atoms with Crippen molar-refractivity contribution in [1.82, 2.24) is 19.9 Å². The average Bonchev–Trinajstić information content (AvgIpc) is 3.60. The molecular weight excluding hydrogens is 541 g/mol. The molecule has 0 aliphatic carbocycles. The first kappa shape index (κ1) is 37.5. The van der Waals surface area contributed by atoms with E-state index in [0.717, 1.165) is 45.3 Å². The maximum Gasteiger partial charge on any atom is 3.00 e. The number of benzene rings is 2. The number of aromatic amines is 2. The summed E-state index contributed by atoms with van der Waals surface area (Å²) in [5.74, 6) is 9.37. The minimum absolute atomic E-state index is 0. The molecule has 38 heavy (non-hydrogen) atoms. The van der Waals surface area contributed by atoms with Crippen LogP contribution in [-0.4, -0.2) is 19.9 Å². The van der Waals surface area contributed by atoms with Crippen molar-refractivity contribution in [3.63, 3.8) is 0 Å². The summed E-state index contributed by atoms with van der Waals surface area (Å²) in [5, 5.41) is 0. The molecule has 0 aliphatic rings. The zero-order valence-electron chi connectivity index (χ0n) is 25.0. The molecule has 5 heteroatoms. The summed E-state index contributed by atoms with van der Waals surface area (Å²) in [6, 6.07) is 16.5. The normalized spacial score (nSPS) is 9.92.